The van der Waals surface area contributed by atoms with Crippen LogP contribution in [0, 0.1) is 0 Å². The molecule has 5 nitrogen and oxygen atoms in total. The number of nitrogens with zero attached hydrogens (tertiary/aromatic N) is 1. The van der Waals surface area contributed by atoms with E-state index in [-0.39, 0.29) is 18.2 Å². The summed E-state index contributed by atoms with van der Waals surface area (Å²) < 4.78 is 5.30. The van der Waals surface area contributed by atoms with Crippen molar-refractivity contribution in [3.63, 3.8) is 0 Å². The van der Waals surface area contributed by atoms with Gasteiger partial charge in [-0.05, 0) is 46.2 Å². The highest BCUT2D eigenvalue weighted by molar-refractivity contribution is 7.10. The lowest BCUT2D eigenvalue weighted by Crippen LogP contribution is -2.43. The van der Waals surface area contributed by atoms with Gasteiger partial charge in [0.2, 0.25) is 11.8 Å². The summed E-state index contributed by atoms with van der Waals surface area (Å²) >= 11 is 3.12. The second kappa shape index (κ2) is 11.6. The number of benzene rings is 2. The molecule has 7 heteroatoms. The maximum absolute atomic E-state index is 13.6. The highest BCUT2D eigenvalue weighted by Gasteiger charge is 2.32. The molecule has 0 aliphatic carbocycles. The van der Waals surface area contributed by atoms with Gasteiger partial charge in [-0.1, -0.05) is 54.6 Å². The van der Waals surface area contributed by atoms with Crippen molar-refractivity contribution >= 4 is 34.5 Å². The fraction of sp³-hybridized carbons (Fsp3) is 0.185. The molecular weight excluding hydrogens is 464 g/mol. The molecule has 0 spiro atoms. The summed E-state index contributed by atoms with van der Waals surface area (Å²) in [7, 11) is 1.60. The lowest BCUT2D eigenvalue weighted by Gasteiger charge is -2.31. The fourth-order valence-electron chi connectivity index (χ4n) is 3.70. The molecule has 0 radical (unpaired) electrons. The van der Waals surface area contributed by atoms with Crippen LogP contribution in [0.15, 0.2) is 89.6 Å². The molecule has 1 atom stereocenters. The van der Waals surface area contributed by atoms with Gasteiger partial charge >= 0.3 is 0 Å². The van der Waals surface area contributed by atoms with Crippen molar-refractivity contribution < 1.29 is 14.3 Å². The van der Waals surface area contributed by atoms with Crippen LogP contribution in [0.2, 0.25) is 0 Å². The van der Waals surface area contributed by atoms with Gasteiger partial charge in [-0.3, -0.25) is 9.59 Å². The summed E-state index contributed by atoms with van der Waals surface area (Å²) in [6.45, 7) is 0.746. The topological polar surface area (TPSA) is 58.6 Å². The van der Waals surface area contributed by atoms with Crippen molar-refractivity contribution in [3.8, 4) is 5.75 Å². The van der Waals surface area contributed by atoms with Gasteiger partial charge in [0, 0.05) is 16.3 Å². The zero-order chi connectivity index (χ0) is 23.8. The number of carbonyl (C=O) groups excluding carboxylic acids is 2. The first-order valence-electron chi connectivity index (χ1n) is 10.9. The second-order valence-electron chi connectivity index (χ2n) is 7.74. The lowest BCUT2D eigenvalue weighted by atomic mass is 10.0. The quantitative estimate of drug-likeness (QED) is 0.322. The molecule has 0 fully saturated rings. The Hall–Kier alpha value is -3.42. The SMILES string of the molecule is COc1ccc(C(C(=O)NCc2ccccc2)N(Cc2cccs2)C(=O)Cc2cccs2)cc1. The van der Waals surface area contributed by atoms with E-state index in [2.05, 4.69) is 5.32 Å². The Kier molecular flexibility index (Phi) is 8.12. The standard InChI is InChI=1S/C27H26N2O3S2/c1-32-22-13-11-21(12-14-22)26(27(31)28-18-20-7-3-2-4-8-20)29(19-24-10-6-16-34-24)25(30)17-23-9-5-15-33-23/h2-16,26H,17-19H2,1H3,(H,28,31). The van der Waals surface area contributed by atoms with E-state index in [1.807, 2.05) is 89.6 Å². The molecule has 0 saturated heterocycles. The Balaban J connectivity index is 1.66. The molecule has 0 saturated carbocycles. The minimum atomic E-state index is -0.774. The molecule has 0 bridgehead atoms. The maximum Gasteiger partial charge on any atom is 0.247 e. The van der Waals surface area contributed by atoms with Crippen LogP contribution in [0.25, 0.3) is 0 Å². The van der Waals surface area contributed by atoms with Crippen molar-refractivity contribution in [2.75, 3.05) is 7.11 Å². The van der Waals surface area contributed by atoms with Gasteiger partial charge < -0.3 is 15.0 Å². The Morgan fingerprint density at radius 2 is 1.56 bits per heavy atom. The number of thiophene rings is 2. The van der Waals surface area contributed by atoms with E-state index < -0.39 is 6.04 Å². The summed E-state index contributed by atoms with van der Waals surface area (Å²) in [5.74, 6) is 0.388. The van der Waals surface area contributed by atoms with Crippen LogP contribution in [0.3, 0.4) is 0 Å². The molecule has 2 aromatic heterocycles. The zero-order valence-corrected chi connectivity index (χ0v) is 20.5. The molecule has 1 N–H and O–H groups in total. The molecule has 1 unspecified atom stereocenters. The first kappa shape index (κ1) is 23.7. The van der Waals surface area contributed by atoms with E-state index in [0.717, 1.165) is 20.9 Å². The summed E-state index contributed by atoms with van der Waals surface area (Å²) in [4.78, 5) is 30.9. The van der Waals surface area contributed by atoms with Crippen molar-refractivity contribution in [1.82, 2.24) is 10.2 Å². The number of carbonyl (C=O) groups is 2. The van der Waals surface area contributed by atoms with Crippen LogP contribution in [-0.4, -0.2) is 23.8 Å². The number of nitrogens with one attached hydrogen (secondary N) is 1. The Labute approximate surface area is 207 Å². The molecule has 2 aromatic carbocycles. The third-order valence-corrected chi connectivity index (χ3v) is 7.17. The van der Waals surface area contributed by atoms with Crippen LogP contribution in [0.5, 0.6) is 5.75 Å². The monoisotopic (exact) mass is 490 g/mol. The number of rotatable bonds is 10. The number of methoxy groups -OCH3 is 1. The van der Waals surface area contributed by atoms with E-state index in [0.29, 0.717) is 18.8 Å². The normalized spacial score (nSPS) is 11.6. The average molecular weight is 491 g/mol. The first-order chi connectivity index (χ1) is 16.6. The van der Waals surface area contributed by atoms with Gasteiger partial charge in [0.25, 0.3) is 0 Å². The summed E-state index contributed by atoms with van der Waals surface area (Å²) in [5.41, 5.74) is 1.74. The molecule has 4 rings (SSSR count). The van der Waals surface area contributed by atoms with Crippen molar-refractivity contribution in [2.45, 2.75) is 25.6 Å². The van der Waals surface area contributed by atoms with Gasteiger partial charge in [-0.2, -0.15) is 0 Å². The Morgan fingerprint density at radius 1 is 0.882 bits per heavy atom. The van der Waals surface area contributed by atoms with Crippen molar-refractivity contribution in [1.29, 1.82) is 0 Å². The van der Waals surface area contributed by atoms with Gasteiger partial charge in [0.05, 0.1) is 20.1 Å². The van der Waals surface area contributed by atoms with Crippen LogP contribution in [0.1, 0.15) is 26.9 Å². The summed E-state index contributed by atoms with van der Waals surface area (Å²) in [6.07, 6.45) is 0.252. The van der Waals surface area contributed by atoms with E-state index >= 15 is 0 Å². The predicted molar refractivity (Wildman–Crippen MR) is 137 cm³/mol. The molecule has 174 valence electrons. The van der Waals surface area contributed by atoms with E-state index in [9.17, 15) is 9.59 Å². The van der Waals surface area contributed by atoms with Crippen molar-refractivity contribution in [3.05, 3.63) is 111 Å². The number of hydrogen-bond donors (Lipinski definition) is 1. The predicted octanol–water partition coefficient (Wildman–Crippen LogP) is 5.45. The number of hydrogen-bond acceptors (Lipinski definition) is 5. The number of ether oxygens (including phenoxy) is 1. The van der Waals surface area contributed by atoms with E-state index in [4.69, 9.17) is 4.74 Å². The van der Waals surface area contributed by atoms with Crippen LogP contribution >= 0.6 is 22.7 Å². The van der Waals surface area contributed by atoms with Gasteiger partial charge in [0.1, 0.15) is 11.8 Å². The van der Waals surface area contributed by atoms with E-state index in [1.54, 1.807) is 34.7 Å². The molecule has 2 amide bonds. The van der Waals surface area contributed by atoms with Gasteiger partial charge in [0.15, 0.2) is 0 Å². The maximum atomic E-state index is 13.6. The molecule has 34 heavy (non-hydrogen) atoms. The highest BCUT2D eigenvalue weighted by atomic mass is 32.1. The zero-order valence-electron chi connectivity index (χ0n) is 18.8. The minimum absolute atomic E-state index is 0.0912. The third-order valence-electron chi connectivity index (χ3n) is 5.43. The second-order valence-corrected chi connectivity index (χ2v) is 9.80. The van der Waals surface area contributed by atoms with Gasteiger partial charge in [-0.25, -0.2) is 0 Å². The van der Waals surface area contributed by atoms with Crippen molar-refractivity contribution in [2.24, 2.45) is 0 Å². The largest absolute Gasteiger partial charge is 0.497 e. The molecule has 0 aliphatic heterocycles. The Bertz CT molecular complexity index is 1170. The average Bonchev–Trinajstić information content (AvgIpc) is 3.58. The third kappa shape index (κ3) is 6.12. The minimum Gasteiger partial charge on any atom is -0.497 e. The van der Waals surface area contributed by atoms with Gasteiger partial charge in [-0.15, -0.1) is 22.7 Å². The smallest absolute Gasteiger partial charge is 0.247 e. The highest BCUT2D eigenvalue weighted by Crippen LogP contribution is 2.28. The molecular formula is C27H26N2O3S2. The lowest BCUT2D eigenvalue weighted by molar-refractivity contribution is -0.141. The summed E-state index contributed by atoms with van der Waals surface area (Å²) in [6, 6.07) is 24.2. The van der Waals surface area contributed by atoms with Crippen LogP contribution < -0.4 is 10.1 Å². The summed E-state index contributed by atoms with van der Waals surface area (Å²) in [5, 5.41) is 6.98. The molecule has 4 aromatic rings. The van der Waals surface area contributed by atoms with Crippen LogP contribution in [-0.2, 0) is 29.1 Å². The first-order valence-corrected chi connectivity index (χ1v) is 12.7. The molecule has 0 aliphatic rings. The fourth-order valence-corrected chi connectivity index (χ4v) is 5.10. The number of amides is 2. The Morgan fingerprint density at radius 3 is 2.18 bits per heavy atom. The molecule has 2 heterocycles. The van der Waals surface area contributed by atoms with Crippen LogP contribution in [0.4, 0.5) is 0 Å². The van der Waals surface area contributed by atoms with E-state index in [1.165, 1.54) is 0 Å².